The lowest BCUT2D eigenvalue weighted by atomic mass is 10.0. The molecule has 2 rings (SSSR count). The fraction of sp³-hybridized carbons (Fsp3) is 0.308. The first-order valence-corrected chi connectivity index (χ1v) is 5.81. The second kappa shape index (κ2) is 5.67. The van der Waals surface area contributed by atoms with Gasteiger partial charge in [-0.1, -0.05) is 25.4 Å². The number of methoxy groups -OCH3 is 1. The maximum atomic E-state index is 11.8. The highest BCUT2D eigenvalue weighted by Crippen LogP contribution is 2.29. The van der Waals surface area contributed by atoms with Gasteiger partial charge in [0.25, 0.3) is 5.56 Å². The molecule has 18 heavy (non-hydrogen) atoms. The molecule has 5 heteroatoms. The Hall–Kier alpha value is -1.13. The summed E-state index contributed by atoms with van der Waals surface area (Å²) in [5.41, 5.74) is 1.44. The Morgan fingerprint density at radius 1 is 1.28 bits per heavy atom. The molecular weight excluding hydrogens is 270 g/mol. The van der Waals surface area contributed by atoms with Gasteiger partial charge in [0, 0.05) is 17.0 Å². The van der Waals surface area contributed by atoms with Gasteiger partial charge in [0.05, 0.1) is 17.6 Å². The maximum absolute atomic E-state index is 11.8. The second-order valence-corrected chi connectivity index (χ2v) is 4.69. The van der Waals surface area contributed by atoms with Crippen LogP contribution in [0.25, 0.3) is 10.9 Å². The number of nitrogens with one attached hydrogen (secondary N) is 1. The van der Waals surface area contributed by atoms with Gasteiger partial charge in [-0.3, -0.25) is 4.79 Å². The Morgan fingerprint density at radius 2 is 1.94 bits per heavy atom. The van der Waals surface area contributed by atoms with E-state index in [0.717, 1.165) is 16.5 Å². The zero-order chi connectivity index (χ0) is 12.6. The summed E-state index contributed by atoms with van der Waals surface area (Å²) in [6, 6.07) is 5.42. The van der Waals surface area contributed by atoms with Crippen molar-refractivity contribution in [3.63, 3.8) is 0 Å². The van der Waals surface area contributed by atoms with E-state index in [9.17, 15) is 4.79 Å². The largest absolute Gasteiger partial charge is 0.495 e. The van der Waals surface area contributed by atoms with E-state index in [0.29, 0.717) is 10.8 Å². The van der Waals surface area contributed by atoms with Crippen LogP contribution in [0.2, 0.25) is 5.02 Å². The Kier molecular flexibility index (Phi) is 4.71. The molecule has 0 bridgehead atoms. The van der Waals surface area contributed by atoms with Crippen LogP contribution >= 0.6 is 25.1 Å². The van der Waals surface area contributed by atoms with E-state index in [1.165, 1.54) is 0 Å². The van der Waals surface area contributed by atoms with Crippen molar-refractivity contribution in [1.82, 2.24) is 4.98 Å². The summed E-state index contributed by atoms with van der Waals surface area (Å²) in [7, 11) is 1.55. The van der Waals surface area contributed by atoms with Crippen molar-refractivity contribution in [2.75, 3.05) is 7.11 Å². The van der Waals surface area contributed by atoms with E-state index < -0.39 is 0 Å². The number of H-pyrrole nitrogens is 1. The van der Waals surface area contributed by atoms with Crippen molar-refractivity contribution < 1.29 is 4.74 Å². The standard InChI is InChI=1S/C13H14ClNO2.H2S/c1-7(2)9-4-8-5-10(14)12(17-3)6-11(8)15-13(9)16;/h4-7H,1-3H3,(H,15,16);1H2. The number of aromatic nitrogens is 1. The maximum Gasteiger partial charge on any atom is 0.251 e. The molecule has 1 N–H and O–H groups in total. The molecular formula is C13H16ClNO2S. The smallest absolute Gasteiger partial charge is 0.251 e. The lowest BCUT2D eigenvalue weighted by molar-refractivity contribution is 0.415. The van der Waals surface area contributed by atoms with Crippen molar-refractivity contribution in [2.45, 2.75) is 19.8 Å². The summed E-state index contributed by atoms with van der Waals surface area (Å²) in [5.74, 6) is 0.746. The molecule has 98 valence electrons. The number of pyridine rings is 1. The van der Waals surface area contributed by atoms with Crippen LogP contribution < -0.4 is 10.3 Å². The van der Waals surface area contributed by atoms with Gasteiger partial charge in [-0.25, -0.2) is 0 Å². The zero-order valence-corrected chi connectivity index (χ0v) is 12.3. The average Bonchev–Trinajstić information content (AvgIpc) is 2.27. The highest BCUT2D eigenvalue weighted by Gasteiger charge is 2.09. The van der Waals surface area contributed by atoms with Crippen LogP contribution in [0, 0.1) is 0 Å². The molecule has 3 nitrogen and oxygen atoms in total. The Balaban J connectivity index is 0.00000162. The van der Waals surface area contributed by atoms with E-state index in [1.807, 2.05) is 19.9 Å². The van der Waals surface area contributed by atoms with E-state index in [4.69, 9.17) is 16.3 Å². The van der Waals surface area contributed by atoms with Gasteiger partial charge >= 0.3 is 0 Å². The molecule has 2 aromatic rings. The summed E-state index contributed by atoms with van der Waals surface area (Å²) in [6.45, 7) is 3.98. The summed E-state index contributed by atoms with van der Waals surface area (Å²) >= 11 is 6.06. The van der Waals surface area contributed by atoms with Gasteiger partial charge in [0.15, 0.2) is 0 Å². The number of hydrogen-bond donors (Lipinski definition) is 1. The lowest BCUT2D eigenvalue weighted by Crippen LogP contribution is -2.13. The molecule has 0 amide bonds. The average molecular weight is 286 g/mol. The fourth-order valence-electron chi connectivity index (χ4n) is 1.81. The minimum absolute atomic E-state index is 0. The number of hydrogen-bond acceptors (Lipinski definition) is 2. The molecule has 0 radical (unpaired) electrons. The van der Waals surface area contributed by atoms with Gasteiger partial charge in [-0.05, 0) is 18.1 Å². The van der Waals surface area contributed by atoms with Crippen LogP contribution in [0.1, 0.15) is 25.3 Å². The molecule has 0 unspecified atom stereocenters. The number of rotatable bonds is 2. The van der Waals surface area contributed by atoms with Crippen LogP contribution in [0.5, 0.6) is 5.75 Å². The quantitative estimate of drug-likeness (QED) is 0.918. The summed E-state index contributed by atoms with van der Waals surface area (Å²) in [5, 5.41) is 1.46. The van der Waals surface area contributed by atoms with Crippen molar-refractivity contribution >= 4 is 36.0 Å². The summed E-state index contributed by atoms with van der Waals surface area (Å²) in [4.78, 5) is 14.7. The molecule has 0 aliphatic rings. The first kappa shape index (κ1) is 14.9. The summed E-state index contributed by atoms with van der Waals surface area (Å²) < 4.78 is 5.12. The van der Waals surface area contributed by atoms with Crippen molar-refractivity contribution in [3.05, 3.63) is 39.1 Å². The number of fused-ring (bicyclic) bond motifs is 1. The van der Waals surface area contributed by atoms with Gasteiger partial charge in [-0.2, -0.15) is 13.5 Å². The van der Waals surface area contributed by atoms with E-state index in [1.54, 1.807) is 19.2 Å². The molecule has 0 aliphatic heterocycles. The van der Waals surface area contributed by atoms with Crippen LogP contribution in [0.15, 0.2) is 23.0 Å². The van der Waals surface area contributed by atoms with Crippen molar-refractivity contribution in [1.29, 1.82) is 0 Å². The van der Waals surface area contributed by atoms with E-state index in [-0.39, 0.29) is 25.0 Å². The van der Waals surface area contributed by atoms with Gasteiger partial charge in [-0.15, -0.1) is 0 Å². The van der Waals surface area contributed by atoms with Crippen LogP contribution in [0.3, 0.4) is 0 Å². The molecule has 1 aromatic heterocycles. The number of ether oxygens (including phenoxy) is 1. The van der Waals surface area contributed by atoms with Gasteiger partial charge < -0.3 is 9.72 Å². The third-order valence-corrected chi connectivity index (χ3v) is 3.06. The molecule has 0 saturated carbocycles. The highest BCUT2D eigenvalue weighted by atomic mass is 35.5. The van der Waals surface area contributed by atoms with Crippen molar-refractivity contribution in [2.24, 2.45) is 0 Å². The van der Waals surface area contributed by atoms with Crippen molar-refractivity contribution in [3.8, 4) is 5.75 Å². The minimum Gasteiger partial charge on any atom is -0.495 e. The molecule has 1 aromatic carbocycles. The molecule has 0 spiro atoms. The molecule has 0 fully saturated rings. The first-order chi connectivity index (χ1) is 8.02. The Morgan fingerprint density at radius 3 is 2.50 bits per heavy atom. The van der Waals surface area contributed by atoms with E-state index >= 15 is 0 Å². The van der Waals surface area contributed by atoms with Crippen LogP contribution in [-0.4, -0.2) is 12.1 Å². The fourth-order valence-corrected chi connectivity index (χ4v) is 2.06. The summed E-state index contributed by atoms with van der Waals surface area (Å²) in [6.07, 6.45) is 0. The predicted molar refractivity (Wildman–Crippen MR) is 80.6 cm³/mol. The highest BCUT2D eigenvalue weighted by molar-refractivity contribution is 7.59. The molecule has 0 aliphatic carbocycles. The predicted octanol–water partition coefficient (Wildman–Crippen LogP) is 3.43. The van der Waals surface area contributed by atoms with Crippen LogP contribution in [-0.2, 0) is 0 Å². The number of halogens is 1. The first-order valence-electron chi connectivity index (χ1n) is 5.43. The van der Waals surface area contributed by atoms with Gasteiger partial charge in [0.1, 0.15) is 5.75 Å². The Labute approximate surface area is 118 Å². The van der Waals surface area contributed by atoms with Gasteiger partial charge in [0.2, 0.25) is 0 Å². The zero-order valence-electron chi connectivity index (χ0n) is 10.5. The van der Waals surface area contributed by atoms with Crippen LogP contribution in [0.4, 0.5) is 0 Å². The SMILES string of the molecule is COc1cc2[nH]c(=O)c(C(C)C)cc2cc1Cl.S. The number of benzene rings is 1. The molecule has 0 saturated heterocycles. The molecule has 1 heterocycles. The number of aromatic amines is 1. The minimum atomic E-state index is -0.0584. The second-order valence-electron chi connectivity index (χ2n) is 4.28. The lowest BCUT2D eigenvalue weighted by Gasteiger charge is -2.08. The normalized spacial score (nSPS) is 10.5. The monoisotopic (exact) mass is 285 g/mol. The Bertz CT molecular complexity index is 622. The third-order valence-electron chi connectivity index (χ3n) is 2.77. The topological polar surface area (TPSA) is 42.1 Å². The van der Waals surface area contributed by atoms with E-state index in [2.05, 4.69) is 4.98 Å². The molecule has 0 atom stereocenters. The third kappa shape index (κ3) is 2.65.